The van der Waals surface area contributed by atoms with Crippen LogP contribution in [-0.4, -0.2) is 89.1 Å². The standard InChI is InChI=1S/C21H31N9S/c1-16-13-24-20(25-18-12-17(2)27-31-18)26-19(16)29-14-21(15-29,4-5-22)30-10-8-28(9-11-30)7-6-23-3/h12-13,23H,4,6-11,14-15H2,1-3H3,(H,24,25,26). The molecule has 0 aromatic carbocycles. The largest absolute Gasteiger partial charge is 0.352 e. The first-order valence-electron chi connectivity index (χ1n) is 10.8. The molecule has 0 spiro atoms. The first-order valence-corrected chi connectivity index (χ1v) is 11.6. The van der Waals surface area contributed by atoms with Gasteiger partial charge in [0.1, 0.15) is 10.8 Å². The fourth-order valence-electron chi connectivity index (χ4n) is 4.45. The molecule has 0 atom stereocenters. The van der Waals surface area contributed by atoms with Crippen molar-refractivity contribution in [3.8, 4) is 6.07 Å². The summed E-state index contributed by atoms with van der Waals surface area (Å²) in [6, 6.07) is 4.44. The normalized spacial score (nSPS) is 19.1. The van der Waals surface area contributed by atoms with Gasteiger partial charge in [-0.1, -0.05) is 0 Å². The van der Waals surface area contributed by atoms with Gasteiger partial charge in [-0.15, -0.1) is 0 Å². The number of hydrogen-bond donors (Lipinski definition) is 2. The second kappa shape index (κ2) is 9.44. The quantitative estimate of drug-likeness (QED) is 0.633. The van der Waals surface area contributed by atoms with Crippen LogP contribution in [0.25, 0.3) is 0 Å². The number of aryl methyl sites for hydroxylation is 2. The van der Waals surface area contributed by atoms with Gasteiger partial charge in [0.2, 0.25) is 5.95 Å². The van der Waals surface area contributed by atoms with Crippen LogP contribution in [0, 0.1) is 25.2 Å². The van der Waals surface area contributed by atoms with Crippen LogP contribution in [0.5, 0.6) is 0 Å². The molecule has 2 aromatic heterocycles. The Kier molecular flexibility index (Phi) is 6.67. The van der Waals surface area contributed by atoms with Gasteiger partial charge in [-0.05, 0) is 38.5 Å². The van der Waals surface area contributed by atoms with E-state index in [4.69, 9.17) is 4.98 Å². The first kappa shape index (κ1) is 21.9. The molecule has 2 aromatic rings. The van der Waals surface area contributed by atoms with E-state index in [1.807, 2.05) is 33.2 Å². The van der Waals surface area contributed by atoms with Crippen LogP contribution >= 0.6 is 11.5 Å². The minimum atomic E-state index is -0.0797. The second-order valence-electron chi connectivity index (χ2n) is 8.51. The third kappa shape index (κ3) is 4.80. The zero-order valence-electron chi connectivity index (χ0n) is 18.6. The molecule has 166 valence electrons. The average Bonchev–Trinajstić information content (AvgIpc) is 3.15. The molecule has 0 radical (unpaired) electrons. The molecule has 0 unspecified atom stereocenters. The molecule has 0 aliphatic carbocycles. The Morgan fingerprint density at radius 3 is 2.65 bits per heavy atom. The molecule has 2 N–H and O–H groups in total. The van der Waals surface area contributed by atoms with Crippen molar-refractivity contribution in [1.29, 1.82) is 5.26 Å². The Balaban J connectivity index is 1.42. The lowest BCUT2D eigenvalue weighted by Gasteiger charge is -2.57. The van der Waals surface area contributed by atoms with Crippen molar-refractivity contribution in [3.63, 3.8) is 0 Å². The molecule has 2 aliphatic heterocycles. The van der Waals surface area contributed by atoms with Gasteiger partial charge in [-0.2, -0.15) is 14.6 Å². The number of nitrogens with one attached hydrogen (secondary N) is 2. The third-order valence-corrected chi connectivity index (χ3v) is 7.00. The Hall–Kier alpha value is -2.32. The van der Waals surface area contributed by atoms with Crippen molar-refractivity contribution < 1.29 is 0 Å². The zero-order valence-corrected chi connectivity index (χ0v) is 19.4. The molecule has 10 heteroatoms. The highest BCUT2D eigenvalue weighted by Crippen LogP contribution is 2.36. The van der Waals surface area contributed by atoms with Gasteiger partial charge in [0.05, 0.1) is 23.7 Å². The third-order valence-electron chi connectivity index (χ3n) is 6.21. The SMILES string of the molecule is CNCCN1CCN(C2(CC#N)CN(c3nc(Nc4cc(C)ns4)ncc3C)C2)CC1. The van der Waals surface area contributed by atoms with E-state index in [1.54, 1.807) is 0 Å². The summed E-state index contributed by atoms with van der Waals surface area (Å²) in [5.41, 5.74) is 1.95. The Morgan fingerprint density at radius 2 is 2.00 bits per heavy atom. The molecule has 0 saturated carbocycles. The van der Waals surface area contributed by atoms with Crippen LogP contribution in [0.3, 0.4) is 0 Å². The Morgan fingerprint density at radius 1 is 1.23 bits per heavy atom. The minimum absolute atomic E-state index is 0.0797. The van der Waals surface area contributed by atoms with Crippen LogP contribution in [0.15, 0.2) is 12.3 Å². The summed E-state index contributed by atoms with van der Waals surface area (Å²) < 4.78 is 4.30. The van der Waals surface area contributed by atoms with E-state index in [-0.39, 0.29) is 5.54 Å². The van der Waals surface area contributed by atoms with E-state index in [0.29, 0.717) is 12.4 Å². The van der Waals surface area contributed by atoms with Gasteiger partial charge in [0.15, 0.2) is 0 Å². The van der Waals surface area contributed by atoms with Crippen LogP contribution in [0.1, 0.15) is 17.7 Å². The van der Waals surface area contributed by atoms with Gasteiger partial charge >= 0.3 is 0 Å². The summed E-state index contributed by atoms with van der Waals surface area (Å²) in [7, 11) is 2.00. The Bertz CT molecular complexity index is 923. The van der Waals surface area contributed by atoms with Crippen molar-refractivity contribution in [2.24, 2.45) is 0 Å². The van der Waals surface area contributed by atoms with Gasteiger partial charge in [0, 0.05) is 64.1 Å². The van der Waals surface area contributed by atoms with Gasteiger partial charge in [0.25, 0.3) is 0 Å². The lowest BCUT2D eigenvalue weighted by Crippen LogP contribution is -2.73. The van der Waals surface area contributed by atoms with Gasteiger partial charge < -0.3 is 15.5 Å². The molecular weight excluding hydrogens is 410 g/mol. The van der Waals surface area contributed by atoms with Crippen molar-refractivity contribution in [2.75, 3.05) is 69.6 Å². The summed E-state index contributed by atoms with van der Waals surface area (Å²) in [5, 5.41) is 17.0. The maximum absolute atomic E-state index is 9.53. The van der Waals surface area contributed by atoms with Crippen molar-refractivity contribution in [3.05, 3.63) is 23.5 Å². The molecule has 2 aliphatic rings. The van der Waals surface area contributed by atoms with E-state index in [1.165, 1.54) is 11.5 Å². The molecular formula is C21H31N9S. The predicted molar refractivity (Wildman–Crippen MR) is 124 cm³/mol. The van der Waals surface area contributed by atoms with E-state index in [2.05, 4.69) is 40.8 Å². The lowest BCUT2D eigenvalue weighted by atomic mass is 9.83. The minimum Gasteiger partial charge on any atom is -0.352 e. The molecule has 4 rings (SSSR count). The average molecular weight is 442 g/mol. The van der Waals surface area contributed by atoms with Crippen molar-refractivity contribution in [1.82, 2.24) is 29.5 Å². The summed E-state index contributed by atoms with van der Waals surface area (Å²) in [5.74, 6) is 1.53. The zero-order chi connectivity index (χ0) is 21.8. The number of anilines is 3. The lowest BCUT2D eigenvalue weighted by molar-refractivity contribution is 0.0156. The molecule has 4 heterocycles. The number of nitrogens with zero attached hydrogens (tertiary/aromatic N) is 7. The van der Waals surface area contributed by atoms with E-state index >= 15 is 0 Å². The number of aromatic nitrogens is 3. The maximum atomic E-state index is 9.53. The maximum Gasteiger partial charge on any atom is 0.229 e. The second-order valence-corrected chi connectivity index (χ2v) is 9.31. The van der Waals surface area contributed by atoms with Crippen molar-refractivity contribution >= 4 is 28.3 Å². The molecule has 2 fully saturated rings. The molecule has 2 saturated heterocycles. The monoisotopic (exact) mass is 441 g/mol. The first-order chi connectivity index (χ1) is 15.0. The number of hydrogen-bond acceptors (Lipinski definition) is 10. The summed E-state index contributed by atoms with van der Waals surface area (Å²) >= 11 is 1.41. The van der Waals surface area contributed by atoms with Gasteiger partial charge in [-0.25, -0.2) is 4.98 Å². The number of likely N-dealkylation sites (N-methyl/N-ethyl adjacent to an activating group) is 1. The van der Waals surface area contributed by atoms with Crippen LogP contribution in [0.4, 0.5) is 16.8 Å². The topological polar surface area (TPSA) is 96.2 Å². The molecule has 9 nitrogen and oxygen atoms in total. The highest BCUT2D eigenvalue weighted by molar-refractivity contribution is 7.10. The van der Waals surface area contributed by atoms with E-state index in [0.717, 1.165) is 74.4 Å². The summed E-state index contributed by atoms with van der Waals surface area (Å²) in [4.78, 5) is 16.5. The van der Waals surface area contributed by atoms with E-state index < -0.39 is 0 Å². The fourth-order valence-corrected chi connectivity index (χ4v) is 5.10. The highest BCUT2D eigenvalue weighted by Gasteiger charge is 2.49. The molecule has 31 heavy (non-hydrogen) atoms. The molecule has 0 bridgehead atoms. The summed E-state index contributed by atoms with van der Waals surface area (Å²) in [6.45, 7) is 11.9. The van der Waals surface area contributed by atoms with Crippen LogP contribution in [-0.2, 0) is 0 Å². The number of piperazine rings is 1. The van der Waals surface area contributed by atoms with Crippen LogP contribution < -0.4 is 15.5 Å². The van der Waals surface area contributed by atoms with Crippen molar-refractivity contribution in [2.45, 2.75) is 25.8 Å². The highest BCUT2D eigenvalue weighted by atomic mass is 32.1. The van der Waals surface area contributed by atoms with Crippen LogP contribution in [0.2, 0.25) is 0 Å². The summed E-state index contributed by atoms with van der Waals surface area (Å²) in [6.07, 6.45) is 2.42. The fraction of sp³-hybridized carbons (Fsp3) is 0.619. The van der Waals surface area contributed by atoms with Gasteiger partial charge in [-0.3, -0.25) is 9.80 Å². The Labute approximate surface area is 188 Å². The number of rotatable bonds is 8. The predicted octanol–water partition coefficient (Wildman–Crippen LogP) is 1.60. The number of nitriles is 1. The molecule has 0 amide bonds. The smallest absolute Gasteiger partial charge is 0.229 e. The van der Waals surface area contributed by atoms with E-state index in [9.17, 15) is 5.26 Å².